The summed E-state index contributed by atoms with van der Waals surface area (Å²) in [5.41, 5.74) is 7.11. The zero-order valence-corrected chi connectivity index (χ0v) is 16.0. The number of anilines is 1. The van der Waals surface area contributed by atoms with Crippen LogP contribution in [0.2, 0.25) is 10.0 Å². The number of nitrogen functional groups attached to an aromatic ring is 1. The second-order valence-corrected chi connectivity index (χ2v) is 6.85. The molecule has 0 amide bonds. The second kappa shape index (κ2) is 7.13. The number of halogens is 2. The van der Waals surface area contributed by atoms with Crippen LogP contribution < -0.4 is 15.2 Å². The van der Waals surface area contributed by atoms with E-state index < -0.39 is 4.92 Å². The van der Waals surface area contributed by atoms with E-state index in [4.69, 9.17) is 38.4 Å². The molecule has 2 heterocycles. The lowest BCUT2D eigenvalue weighted by Crippen LogP contribution is -2.01. The minimum absolute atomic E-state index is 0.00998. The lowest BCUT2D eigenvalue weighted by atomic mass is 9.96. The fourth-order valence-electron chi connectivity index (χ4n) is 3.00. The molecule has 0 bridgehead atoms. The summed E-state index contributed by atoms with van der Waals surface area (Å²) in [6.45, 7) is -0.0476. The Morgan fingerprint density at radius 3 is 2.48 bits per heavy atom. The number of nitriles is 1. The summed E-state index contributed by atoms with van der Waals surface area (Å²) >= 11 is 12.0. The van der Waals surface area contributed by atoms with Crippen LogP contribution in [-0.2, 0) is 0 Å². The molecule has 1 aliphatic rings. The van der Waals surface area contributed by atoms with Gasteiger partial charge in [-0.25, -0.2) is 4.98 Å². The molecule has 0 saturated heterocycles. The molecule has 0 radical (unpaired) electrons. The third-order valence-corrected chi connectivity index (χ3v) is 5.09. The third kappa shape index (κ3) is 3.27. The van der Waals surface area contributed by atoms with Gasteiger partial charge in [0.1, 0.15) is 17.5 Å². The number of aromatic nitrogens is 1. The fraction of sp³-hybridized carbons (Fsp3) is 0.0526. The maximum Gasteiger partial charge on any atom is 0.281 e. The van der Waals surface area contributed by atoms with Gasteiger partial charge in [-0.15, -0.1) is 0 Å². The third-order valence-electron chi connectivity index (χ3n) is 4.35. The second-order valence-electron chi connectivity index (χ2n) is 6.04. The van der Waals surface area contributed by atoms with Gasteiger partial charge in [0.25, 0.3) is 5.69 Å². The Morgan fingerprint density at radius 1 is 1.10 bits per heavy atom. The Labute approximate surface area is 174 Å². The highest BCUT2D eigenvalue weighted by atomic mass is 35.5. The Kier molecular flexibility index (Phi) is 4.62. The van der Waals surface area contributed by atoms with Crippen molar-refractivity contribution in [2.75, 3.05) is 12.5 Å². The van der Waals surface area contributed by atoms with Crippen LogP contribution >= 0.6 is 23.2 Å². The van der Waals surface area contributed by atoms with Gasteiger partial charge in [-0.2, -0.15) is 5.26 Å². The van der Waals surface area contributed by atoms with Crippen molar-refractivity contribution >= 4 is 34.7 Å². The Morgan fingerprint density at radius 2 is 1.83 bits per heavy atom. The van der Waals surface area contributed by atoms with Crippen LogP contribution in [0.15, 0.2) is 36.4 Å². The van der Waals surface area contributed by atoms with Crippen LogP contribution in [0.1, 0.15) is 5.56 Å². The number of nitrogens with two attached hydrogens (primary N) is 1. The van der Waals surface area contributed by atoms with Crippen molar-refractivity contribution in [1.82, 2.24) is 4.98 Å². The normalized spacial score (nSPS) is 11.9. The summed E-state index contributed by atoms with van der Waals surface area (Å²) < 4.78 is 10.6. The maximum absolute atomic E-state index is 11.7. The average molecular weight is 429 g/mol. The highest BCUT2D eigenvalue weighted by Gasteiger charge is 2.27. The van der Waals surface area contributed by atoms with Gasteiger partial charge >= 0.3 is 0 Å². The number of nitro benzene ring substituents is 1. The first-order valence-corrected chi connectivity index (χ1v) is 8.89. The lowest BCUT2D eigenvalue weighted by Gasteiger charge is -2.12. The first-order valence-electron chi connectivity index (χ1n) is 8.13. The number of nitrogens with zero attached hydrogens (tertiary/aromatic N) is 3. The van der Waals surface area contributed by atoms with Crippen LogP contribution in [0.5, 0.6) is 11.5 Å². The van der Waals surface area contributed by atoms with Gasteiger partial charge < -0.3 is 15.2 Å². The lowest BCUT2D eigenvalue weighted by molar-refractivity contribution is -0.384. The number of hydrogen-bond donors (Lipinski definition) is 1. The van der Waals surface area contributed by atoms with Gasteiger partial charge in [0.15, 0.2) is 11.5 Å². The van der Waals surface area contributed by atoms with Crippen molar-refractivity contribution in [3.63, 3.8) is 0 Å². The Balaban J connectivity index is 1.99. The number of fused-ring (bicyclic) bond motifs is 1. The predicted octanol–water partition coefficient (Wildman–Crippen LogP) is 4.81. The molecule has 0 aliphatic carbocycles. The largest absolute Gasteiger partial charge is 0.454 e. The smallest absolute Gasteiger partial charge is 0.281 e. The van der Waals surface area contributed by atoms with Crippen molar-refractivity contribution in [3.8, 4) is 40.0 Å². The molecule has 4 rings (SSSR count). The predicted molar refractivity (Wildman–Crippen MR) is 107 cm³/mol. The summed E-state index contributed by atoms with van der Waals surface area (Å²) in [7, 11) is 0. The molecule has 8 nitrogen and oxygen atoms in total. The summed E-state index contributed by atoms with van der Waals surface area (Å²) in [5.74, 6) is 0.518. The van der Waals surface area contributed by atoms with Crippen molar-refractivity contribution in [1.29, 1.82) is 5.26 Å². The van der Waals surface area contributed by atoms with Gasteiger partial charge in [-0.3, -0.25) is 10.1 Å². The molecular weight excluding hydrogens is 419 g/mol. The minimum atomic E-state index is -0.562. The topological polar surface area (TPSA) is 124 Å². The summed E-state index contributed by atoms with van der Waals surface area (Å²) in [4.78, 5) is 15.3. The molecule has 1 aliphatic heterocycles. The van der Waals surface area contributed by atoms with E-state index in [0.717, 1.165) is 0 Å². The van der Waals surface area contributed by atoms with Crippen LogP contribution in [-0.4, -0.2) is 16.7 Å². The monoisotopic (exact) mass is 428 g/mol. The maximum atomic E-state index is 11.7. The molecule has 3 aromatic rings. The molecule has 0 spiro atoms. The highest BCUT2D eigenvalue weighted by molar-refractivity contribution is 6.42. The van der Waals surface area contributed by atoms with Gasteiger partial charge in [0.05, 0.1) is 32.3 Å². The Hall–Kier alpha value is -3.54. The molecular formula is C19H10Cl2N4O4. The van der Waals surface area contributed by atoms with Gasteiger partial charge in [0.2, 0.25) is 6.79 Å². The number of hydrogen-bond acceptors (Lipinski definition) is 7. The standard InChI is InChI=1S/C19H10Cl2N4O4/c20-13-2-1-9(3-14(13)21)15-4-10(12(7-22)19(23)24-15)11-5-17-18(29-8-28-17)6-16(11)25(26)27/h1-6H,8H2,(H2,23,24). The van der Waals surface area contributed by atoms with Crippen molar-refractivity contribution in [2.45, 2.75) is 0 Å². The van der Waals surface area contributed by atoms with Crippen LogP contribution in [0.3, 0.4) is 0 Å². The fourth-order valence-corrected chi connectivity index (χ4v) is 3.29. The quantitative estimate of drug-likeness (QED) is 0.468. The number of rotatable bonds is 3. The van der Waals surface area contributed by atoms with Crippen LogP contribution in [0.25, 0.3) is 22.4 Å². The molecule has 1 aromatic heterocycles. The molecule has 144 valence electrons. The van der Waals surface area contributed by atoms with E-state index in [1.165, 1.54) is 12.1 Å². The average Bonchev–Trinajstić information content (AvgIpc) is 3.16. The first-order chi connectivity index (χ1) is 13.9. The molecule has 0 atom stereocenters. The van der Waals surface area contributed by atoms with E-state index in [1.54, 1.807) is 24.3 Å². The highest BCUT2D eigenvalue weighted by Crippen LogP contribution is 2.44. The van der Waals surface area contributed by atoms with Gasteiger partial charge in [-0.05, 0) is 24.3 Å². The zero-order valence-electron chi connectivity index (χ0n) is 14.5. The molecule has 29 heavy (non-hydrogen) atoms. The van der Waals surface area contributed by atoms with E-state index >= 15 is 0 Å². The molecule has 10 heteroatoms. The molecule has 0 saturated carbocycles. The molecule has 2 N–H and O–H groups in total. The van der Waals surface area contributed by atoms with Crippen LogP contribution in [0.4, 0.5) is 11.5 Å². The first kappa shape index (κ1) is 18.8. The van der Waals surface area contributed by atoms with Gasteiger partial charge in [-0.1, -0.05) is 29.3 Å². The minimum Gasteiger partial charge on any atom is -0.454 e. The summed E-state index contributed by atoms with van der Waals surface area (Å²) in [6, 6.07) is 11.1. The van der Waals surface area contributed by atoms with Crippen molar-refractivity contribution in [3.05, 3.63) is 62.1 Å². The summed E-state index contributed by atoms with van der Waals surface area (Å²) in [5, 5.41) is 21.9. The SMILES string of the molecule is N#Cc1c(-c2cc3c(cc2[N+](=O)[O-])OCO3)cc(-c2ccc(Cl)c(Cl)c2)nc1N. The van der Waals surface area contributed by atoms with Gasteiger partial charge in [0, 0.05) is 11.1 Å². The van der Waals surface area contributed by atoms with E-state index in [9.17, 15) is 15.4 Å². The number of pyridine rings is 1. The van der Waals surface area contributed by atoms with E-state index in [1.807, 2.05) is 6.07 Å². The molecule has 2 aromatic carbocycles. The zero-order chi connectivity index (χ0) is 20.7. The van der Waals surface area contributed by atoms with Crippen LogP contribution in [0, 0.1) is 21.4 Å². The van der Waals surface area contributed by atoms with E-state index in [0.29, 0.717) is 27.1 Å². The van der Waals surface area contributed by atoms with Crippen molar-refractivity contribution in [2.24, 2.45) is 0 Å². The molecule has 0 fully saturated rings. The summed E-state index contributed by atoms with van der Waals surface area (Å²) in [6.07, 6.45) is 0. The van der Waals surface area contributed by atoms with E-state index in [-0.39, 0.29) is 40.7 Å². The Bertz CT molecular complexity index is 1220. The number of benzene rings is 2. The molecule has 0 unspecified atom stereocenters. The van der Waals surface area contributed by atoms with Crippen molar-refractivity contribution < 1.29 is 14.4 Å². The number of ether oxygens (including phenoxy) is 2. The van der Waals surface area contributed by atoms with E-state index in [2.05, 4.69) is 4.98 Å². The number of nitro groups is 1.